The minimum atomic E-state index is -0.413. The lowest BCUT2D eigenvalue weighted by Crippen LogP contribution is -2.28. The van der Waals surface area contributed by atoms with Crippen LogP contribution >= 0.6 is 11.8 Å². The molecule has 1 saturated carbocycles. The maximum Gasteiger partial charge on any atom is 0.192 e. The van der Waals surface area contributed by atoms with Crippen LogP contribution in [0.5, 0.6) is 0 Å². The average molecular weight is 286 g/mol. The van der Waals surface area contributed by atoms with Crippen LogP contribution in [0, 0.1) is 5.92 Å². The van der Waals surface area contributed by atoms with Gasteiger partial charge in [0.05, 0.1) is 6.10 Å². The van der Waals surface area contributed by atoms with E-state index in [4.69, 9.17) is 0 Å². The van der Waals surface area contributed by atoms with Gasteiger partial charge in [-0.05, 0) is 38.0 Å². The SMILES string of the molecule is CCC(CC)(CC)SC(=O)C[C@@H](O)C1CCCCC1. The van der Waals surface area contributed by atoms with E-state index in [2.05, 4.69) is 20.8 Å². The van der Waals surface area contributed by atoms with Gasteiger partial charge in [-0.3, -0.25) is 4.79 Å². The highest BCUT2D eigenvalue weighted by Gasteiger charge is 2.30. The summed E-state index contributed by atoms with van der Waals surface area (Å²) < 4.78 is 0.0867. The Hall–Kier alpha value is -0.0200. The first-order valence-corrected chi connectivity index (χ1v) is 8.78. The summed E-state index contributed by atoms with van der Waals surface area (Å²) >= 11 is 1.49. The van der Waals surface area contributed by atoms with Crippen LogP contribution < -0.4 is 0 Å². The van der Waals surface area contributed by atoms with Crippen LogP contribution in [-0.2, 0) is 4.79 Å². The first-order valence-electron chi connectivity index (χ1n) is 7.96. The number of rotatable bonds is 7. The van der Waals surface area contributed by atoms with Crippen LogP contribution in [-0.4, -0.2) is 21.1 Å². The number of carbonyl (C=O) groups excluding carboxylic acids is 1. The molecule has 1 atom stereocenters. The van der Waals surface area contributed by atoms with Gasteiger partial charge in [0, 0.05) is 11.2 Å². The first-order chi connectivity index (χ1) is 9.06. The van der Waals surface area contributed by atoms with Crippen molar-refractivity contribution in [1.82, 2.24) is 0 Å². The molecule has 19 heavy (non-hydrogen) atoms. The first kappa shape index (κ1) is 17.0. The van der Waals surface area contributed by atoms with Crippen molar-refractivity contribution in [3.63, 3.8) is 0 Å². The fourth-order valence-electron chi connectivity index (χ4n) is 3.11. The van der Waals surface area contributed by atoms with Gasteiger partial charge in [0.2, 0.25) is 0 Å². The van der Waals surface area contributed by atoms with Gasteiger partial charge >= 0.3 is 0 Å². The predicted octanol–water partition coefficient (Wildman–Crippen LogP) is 4.55. The maximum absolute atomic E-state index is 12.2. The van der Waals surface area contributed by atoms with E-state index >= 15 is 0 Å². The molecule has 1 rings (SSSR count). The largest absolute Gasteiger partial charge is 0.392 e. The summed E-state index contributed by atoms with van der Waals surface area (Å²) in [6, 6.07) is 0. The van der Waals surface area contributed by atoms with E-state index in [-0.39, 0.29) is 9.86 Å². The minimum absolute atomic E-state index is 0.0867. The Labute approximate surface area is 122 Å². The van der Waals surface area contributed by atoms with Crippen molar-refractivity contribution in [3.05, 3.63) is 0 Å². The normalized spacial score (nSPS) is 19.4. The number of hydrogen-bond acceptors (Lipinski definition) is 3. The summed E-state index contributed by atoms with van der Waals surface area (Å²) in [4.78, 5) is 12.2. The molecule has 1 aliphatic carbocycles. The number of hydrogen-bond donors (Lipinski definition) is 1. The Bertz CT molecular complexity index is 260. The smallest absolute Gasteiger partial charge is 0.192 e. The molecule has 1 aliphatic rings. The van der Waals surface area contributed by atoms with Crippen molar-refractivity contribution in [2.75, 3.05) is 0 Å². The molecule has 0 saturated heterocycles. The van der Waals surface area contributed by atoms with Crippen LogP contribution in [0.4, 0.5) is 0 Å². The Morgan fingerprint density at radius 2 is 1.68 bits per heavy atom. The maximum atomic E-state index is 12.2. The molecule has 0 aromatic heterocycles. The van der Waals surface area contributed by atoms with Crippen molar-refractivity contribution >= 4 is 16.9 Å². The number of carbonyl (C=O) groups is 1. The Kier molecular flexibility index (Phi) is 7.45. The predicted molar refractivity (Wildman–Crippen MR) is 83.4 cm³/mol. The molecule has 0 unspecified atom stereocenters. The van der Waals surface area contributed by atoms with Crippen molar-refractivity contribution in [2.24, 2.45) is 5.92 Å². The summed E-state index contributed by atoms with van der Waals surface area (Å²) in [6.07, 6.45) is 8.91. The molecule has 0 radical (unpaired) electrons. The number of thioether (sulfide) groups is 1. The Balaban J connectivity index is 2.44. The highest BCUT2D eigenvalue weighted by Crippen LogP contribution is 2.38. The molecule has 112 valence electrons. The van der Waals surface area contributed by atoms with Crippen molar-refractivity contribution in [3.8, 4) is 0 Å². The summed E-state index contributed by atoms with van der Waals surface area (Å²) in [6.45, 7) is 6.47. The molecule has 1 fully saturated rings. The topological polar surface area (TPSA) is 37.3 Å². The van der Waals surface area contributed by atoms with E-state index in [0.29, 0.717) is 12.3 Å². The van der Waals surface area contributed by atoms with Gasteiger partial charge in [0.25, 0.3) is 0 Å². The fraction of sp³-hybridized carbons (Fsp3) is 0.938. The third kappa shape index (κ3) is 5.11. The van der Waals surface area contributed by atoms with Crippen molar-refractivity contribution < 1.29 is 9.90 Å². The second-order valence-corrected chi connectivity index (χ2v) is 7.41. The lowest BCUT2D eigenvalue weighted by molar-refractivity contribution is -0.113. The van der Waals surface area contributed by atoms with Gasteiger partial charge < -0.3 is 5.11 Å². The van der Waals surface area contributed by atoms with Crippen molar-refractivity contribution in [2.45, 2.75) is 89.4 Å². The Morgan fingerprint density at radius 3 is 2.16 bits per heavy atom. The van der Waals surface area contributed by atoms with Gasteiger partial charge in [0.1, 0.15) is 0 Å². The molecule has 0 heterocycles. The average Bonchev–Trinajstić information content (AvgIpc) is 2.46. The Morgan fingerprint density at radius 1 is 1.16 bits per heavy atom. The van der Waals surface area contributed by atoms with Crippen LogP contribution in [0.15, 0.2) is 0 Å². The van der Waals surface area contributed by atoms with Gasteiger partial charge in [-0.15, -0.1) is 0 Å². The quantitative estimate of drug-likeness (QED) is 0.746. The monoisotopic (exact) mass is 286 g/mol. The van der Waals surface area contributed by atoms with Gasteiger partial charge in [-0.1, -0.05) is 51.8 Å². The lowest BCUT2D eigenvalue weighted by Gasteiger charge is -2.30. The second-order valence-electron chi connectivity index (χ2n) is 5.89. The molecule has 0 spiro atoms. The highest BCUT2D eigenvalue weighted by molar-refractivity contribution is 8.14. The summed E-state index contributed by atoms with van der Waals surface area (Å²) in [7, 11) is 0. The van der Waals surface area contributed by atoms with E-state index in [1.807, 2.05) is 0 Å². The molecular weight excluding hydrogens is 256 g/mol. The third-order valence-corrected chi connectivity index (χ3v) is 6.53. The van der Waals surface area contributed by atoms with Gasteiger partial charge in [0.15, 0.2) is 5.12 Å². The number of aliphatic hydroxyl groups excluding tert-OH is 1. The summed E-state index contributed by atoms with van der Waals surface area (Å²) in [5.41, 5.74) is 0. The molecule has 0 amide bonds. The third-order valence-electron chi connectivity index (χ3n) is 4.83. The molecule has 0 aromatic carbocycles. The molecule has 1 N–H and O–H groups in total. The fourth-order valence-corrected chi connectivity index (χ4v) is 4.28. The van der Waals surface area contributed by atoms with E-state index in [1.54, 1.807) is 0 Å². The van der Waals surface area contributed by atoms with Crippen LogP contribution in [0.25, 0.3) is 0 Å². The van der Waals surface area contributed by atoms with E-state index in [1.165, 1.54) is 31.0 Å². The molecule has 3 heteroatoms. The molecule has 0 aromatic rings. The van der Waals surface area contributed by atoms with Crippen molar-refractivity contribution in [1.29, 1.82) is 0 Å². The highest BCUT2D eigenvalue weighted by atomic mass is 32.2. The van der Waals surface area contributed by atoms with Crippen LogP contribution in [0.1, 0.15) is 78.6 Å². The zero-order chi connectivity index (χ0) is 14.3. The summed E-state index contributed by atoms with van der Waals surface area (Å²) in [5, 5.41) is 10.4. The van der Waals surface area contributed by atoms with Gasteiger partial charge in [-0.25, -0.2) is 0 Å². The minimum Gasteiger partial charge on any atom is -0.392 e. The summed E-state index contributed by atoms with van der Waals surface area (Å²) in [5.74, 6) is 0.359. The zero-order valence-corrected chi connectivity index (χ0v) is 13.6. The molecular formula is C16H30O2S. The van der Waals surface area contributed by atoms with Crippen LogP contribution in [0.2, 0.25) is 0 Å². The van der Waals surface area contributed by atoms with E-state index in [9.17, 15) is 9.90 Å². The molecule has 0 aliphatic heterocycles. The lowest BCUT2D eigenvalue weighted by atomic mass is 9.84. The zero-order valence-electron chi connectivity index (χ0n) is 12.8. The van der Waals surface area contributed by atoms with Crippen LogP contribution in [0.3, 0.4) is 0 Å². The second kappa shape index (κ2) is 8.31. The standard InChI is InChI=1S/C16H30O2S/c1-4-16(5-2,6-3)19-15(18)12-14(17)13-10-8-7-9-11-13/h13-14,17H,4-12H2,1-3H3/t14-/m1/s1. The van der Waals surface area contributed by atoms with E-state index < -0.39 is 6.10 Å². The number of aliphatic hydroxyl groups is 1. The molecule has 2 nitrogen and oxygen atoms in total. The van der Waals surface area contributed by atoms with E-state index in [0.717, 1.165) is 32.1 Å². The molecule has 0 bridgehead atoms. The van der Waals surface area contributed by atoms with Gasteiger partial charge in [-0.2, -0.15) is 0 Å².